The number of anilines is 1. The molecule has 0 radical (unpaired) electrons. The van der Waals surface area contributed by atoms with Gasteiger partial charge in [0.25, 0.3) is 0 Å². The molecule has 2 aromatic carbocycles. The number of benzene rings is 2. The number of hydrogen-bond donors (Lipinski definition) is 1. The maximum absolute atomic E-state index is 4.32. The summed E-state index contributed by atoms with van der Waals surface area (Å²) in [5.74, 6) is 0. The summed E-state index contributed by atoms with van der Waals surface area (Å²) in [4.78, 5) is 0. The van der Waals surface area contributed by atoms with E-state index in [0.717, 1.165) is 21.4 Å². The molecule has 0 amide bonds. The molecular weight excluding hydrogens is 300 g/mol. The van der Waals surface area contributed by atoms with Crippen molar-refractivity contribution in [3.8, 4) is 0 Å². The lowest BCUT2D eigenvalue weighted by Crippen LogP contribution is -1.94. The van der Waals surface area contributed by atoms with Gasteiger partial charge in [-0.05, 0) is 46.6 Å². The smallest absolute Gasteiger partial charge is 0.0703 e. The predicted octanol–water partition coefficient (Wildman–Crippen LogP) is 4.95. The Kier molecular flexibility index (Phi) is 4.93. The molecule has 2 nitrogen and oxygen atoms in total. The molecule has 0 aliphatic carbocycles. The molecule has 0 bridgehead atoms. The van der Waals surface area contributed by atoms with Crippen molar-refractivity contribution in [3.05, 3.63) is 70.7 Å². The van der Waals surface area contributed by atoms with Gasteiger partial charge in [-0.25, -0.2) is 0 Å². The first-order valence-corrected chi connectivity index (χ1v) is 6.83. The number of nitrogens with zero attached hydrogens (tertiary/aromatic N) is 1. The van der Waals surface area contributed by atoms with Crippen LogP contribution in [0, 0.1) is 0 Å². The van der Waals surface area contributed by atoms with Crippen LogP contribution in [0.5, 0.6) is 0 Å². The molecule has 0 fully saturated rings. The first-order valence-electron chi connectivity index (χ1n) is 6.03. The van der Waals surface area contributed by atoms with E-state index in [2.05, 4.69) is 38.6 Å². The average molecular weight is 315 g/mol. The molecule has 0 saturated heterocycles. The maximum Gasteiger partial charge on any atom is 0.0703 e. The Bertz CT molecular complexity index is 589. The Balaban J connectivity index is 2.00. The van der Waals surface area contributed by atoms with Gasteiger partial charge in [0.2, 0.25) is 0 Å². The first kappa shape index (κ1) is 13.6. The molecule has 0 aliphatic rings. The minimum Gasteiger partial charge on any atom is -0.277 e. The number of hydrazone groups is 1. The predicted molar refractivity (Wildman–Crippen MR) is 86.3 cm³/mol. The van der Waals surface area contributed by atoms with E-state index in [4.69, 9.17) is 0 Å². The minimum absolute atomic E-state index is 0.916. The maximum atomic E-state index is 4.32. The minimum atomic E-state index is 0.916. The van der Waals surface area contributed by atoms with Gasteiger partial charge in [-0.15, -0.1) is 0 Å². The Labute approximate surface area is 122 Å². The van der Waals surface area contributed by atoms with Gasteiger partial charge >= 0.3 is 0 Å². The van der Waals surface area contributed by atoms with Crippen molar-refractivity contribution in [3.63, 3.8) is 0 Å². The largest absolute Gasteiger partial charge is 0.277 e. The van der Waals surface area contributed by atoms with Crippen molar-refractivity contribution < 1.29 is 0 Å². The molecule has 0 spiro atoms. The summed E-state index contributed by atoms with van der Waals surface area (Å²) in [7, 11) is 0. The fourth-order valence-electron chi connectivity index (χ4n) is 1.52. The lowest BCUT2D eigenvalue weighted by molar-refractivity contribution is 1.32. The summed E-state index contributed by atoms with van der Waals surface area (Å²) >= 11 is 3.47. The second-order valence-corrected chi connectivity index (χ2v) is 4.94. The number of allylic oxidation sites excluding steroid dienone is 1. The van der Waals surface area contributed by atoms with Gasteiger partial charge in [-0.1, -0.05) is 48.5 Å². The topological polar surface area (TPSA) is 24.4 Å². The van der Waals surface area contributed by atoms with E-state index in [1.807, 2.05) is 61.5 Å². The van der Waals surface area contributed by atoms with E-state index in [0.29, 0.717) is 0 Å². The Morgan fingerprint density at radius 1 is 1.05 bits per heavy atom. The third kappa shape index (κ3) is 4.38. The van der Waals surface area contributed by atoms with Crippen LogP contribution in [0.2, 0.25) is 0 Å². The van der Waals surface area contributed by atoms with Crippen LogP contribution in [0.1, 0.15) is 12.5 Å². The Hall–Kier alpha value is -1.87. The van der Waals surface area contributed by atoms with E-state index in [-0.39, 0.29) is 0 Å². The normalized spacial score (nSPS) is 11.8. The number of rotatable bonds is 4. The number of halogens is 1. The molecule has 0 unspecified atom stereocenters. The van der Waals surface area contributed by atoms with Gasteiger partial charge < -0.3 is 0 Å². The van der Waals surface area contributed by atoms with Crippen molar-refractivity contribution >= 4 is 33.4 Å². The van der Waals surface area contributed by atoms with Crippen LogP contribution in [0.4, 0.5) is 5.69 Å². The van der Waals surface area contributed by atoms with Crippen molar-refractivity contribution in [1.29, 1.82) is 0 Å². The molecule has 2 rings (SSSR count). The Morgan fingerprint density at radius 3 is 2.47 bits per heavy atom. The Morgan fingerprint density at radius 2 is 1.74 bits per heavy atom. The standard InChI is InChI=1S/C16H15BrN2/c1-13(11-12-14-7-3-2-4-8-14)18-19-16-10-6-5-9-15(16)17/h2-12,19H,1H3. The highest BCUT2D eigenvalue weighted by atomic mass is 79.9. The van der Waals surface area contributed by atoms with Crippen LogP contribution < -0.4 is 5.43 Å². The summed E-state index contributed by atoms with van der Waals surface area (Å²) in [6.45, 7) is 1.96. The molecule has 19 heavy (non-hydrogen) atoms. The summed E-state index contributed by atoms with van der Waals surface area (Å²) in [6.07, 6.45) is 4.03. The zero-order chi connectivity index (χ0) is 13.5. The molecule has 1 N–H and O–H groups in total. The molecule has 0 heterocycles. The molecular formula is C16H15BrN2. The third-order valence-electron chi connectivity index (χ3n) is 2.54. The second kappa shape index (κ2) is 6.90. The van der Waals surface area contributed by atoms with Crippen molar-refractivity contribution in [2.75, 3.05) is 5.43 Å². The number of hydrogen-bond acceptors (Lipinski definition) is 2. The van der Waals surface area contributed by atoms with Gasteiger partial charge in [-0.3, -0.25) is 5.43 Å². The monoisotopic (exact) mass is 314 g/mol. The first-order chi connectivity index (χ1) is 9.25. The second-order valence-electron chi connectivity index (χ2n) is 4.09. The third-order valence-corrected chi connectivity index (χ3v) is 3.23. The van der Waals surface area contributed by atoms with E-state index in [9.17, 15) is 0 Å². The van der Waals surface area contributed by atoms with Gasteiger partial charge in [0.15, 0.2) is 0 Å². The van der Waals surface area contributed by atoms with E-state index in [1.165, 1.54) is 0 Å². The van der Waals surface area contributed by atoms with Crippen LogP contribution in [0.25, 0.3) is 6.08 Å². The molecule has 0 aromatic heterocycles. The van der Waals surface area contributed by atoms with Crippen LogP contribution in [0.15, 0.2) is 70.2 Å². The van der Waals surface area contributed by atoms with Crippen LogP contribution >= 0.6 is 15.9 Å². The van der Waals surface area contributed by atoms with Crippen LogP contribution in [0.3, 0.4) is 0 Å². The highest BCUT2D eigenvalue weighted by Gasteiger charge is 1.95. The summed E-state index contributed by atoms with van der Waals surface area (Å²) in [5.41, 5.74) is 6.07. The van der Waals surface area contributed by atoms with Crippen molar-refractivity contribution in [1.82, 2.24) is 0 Å². The summed E-state index contributed by atoms with van der Waals surface area (Å²) < 4.78 is 0.999. The number of para-hydroxylation sites is 1. The summed E-state index contributed by atoms with van der Waals surface area (Å²) in [5, 5.41) is 4.32. The fraction of sp³-hybridized carbons (Fsp3) is 0.0625. The molecule has 96 valence electrons. The number of nitrogens with one attached hydrogen (secondary N) is 1. The highest BCUT2D eigenvalue weighted by molar-refractivity contribution is 9.10. The van der Waals surface area contributed by atoms with Crippen LogP contribution in [-0.4, -0.2) is 5.71 Å². The fourth-order valence-corrected chi connectivity index (χ4v) is 1.89. The molecule has 2 aromatic rings. The van der Waals surface area contributed by atoms with E-state index >= 15 is 0 Å². The van der Waals surface area contributed by atoms with Gasteiger partial charge in [-0.2, -0.15) is 5.10 Å². The zero-order valence-electron chi connectivity index (χ0n) is 10.7. The molecule has 0 aliphatic heterocycles. The molecule has 0 atom stereocenters. The SMILES string of the molecule is CC(C=Cc1ccccc1)=NNc1ccccc1Br. The molecule has 3 heteroatoms. The van der Waals surface area contributed by atoms with E-state index in [1.54, 1.807) is 0 Å². The van der Waals surface area contributed by atoms with Crippen molar-refractivity contribution in [2.24, 2.45) is 5.10 Å². The highest BCUT2D eigenvalue weighted by Crippen LogP contribution is 2.20. The van der Waals surface area contributed by atoms with E-state index < -0.39 is 0 Å². The quantitative estimate of drug-likeness (QED) is 0.626. The lowest BCUT2D eigenvalue weighted by atomic mass is 10.2. The average Bonchev–Trinajstić information content (AvgIpc) is 2.45. The van der Waals surface area contributed by atoms with Crippen molar-refractivity contribution in [2.45, 2.75) is 6.92 Å². The van der Waals surface area contributed by atoms with Gasteiger partial charge in [0.1, 0.15) is 0 Å². The summed E-state index contributed by atoms with van der Waals surface area (Å²) in [6, 6.07) is 18.1. The van der Waals surface area contributed by atoms with Gasteiger partial charge in [0, 0.05) is 4.47 Å². The lowest BCUT2D eigenvalue weighted by Gasteiger charge is -2.03. The van der Waals surface area contributed by atoms with Crippen LogP contribution in [-0.2, 0) is 0 Å². The zero-order valence-corrected chi connectivity index (χ0v) is 12.3. The molecule has 0 saturated carbocycles. The van der Waals surface area contributed by atoms with Gasteiger partial charge in [0.05, 0.1) is 11.4 Å².